The van der Waals surface area contributed by atoms with Gasteiger partial charge in [0.15, 0.2) is 0 Å². The number of nitrogens with zero attached hydrogens (tertiary/aromatic N) is 1. The first kappa shape index (κ1) is 14.9. The smallest absolute Gasteiger partial charge is 0.261 e. The van der Waals surface area contributed by atoms with Gasteiger partial charge in [0.05, 0.1) is 6.61 Å². The fraction of sp³-hybridized carbons (Fsp3) is 0.250. The SMILES string of the molecule is Cc1c(C(=O)NSc2ccncc2)ccc2c1OCC[C@H]2N. The molecule has 0 saturated heterocycles. The van der Waals surface area contributed by atoms with E-state index in [9.17, 15) is 4.79 Å². The van der Waals surface area contributed by atoms with E-state index in [1.54, 1.807) is 12.4 Å². The molecule has 3 rings (SSSR count). The Morgan fingerprint density at radius 1 is 1.36 bits per heavy atom. The van der Waals surface area contributed by atoms with Gasteiger partial charge in [-0.3, -0.25) is 14.5 Å². The van der Waals surface area contributed by atoms with Gasteiger partial charge in [-0.1, -0.05) is 6.07 Å². The van der Waals surface area contributed by atoms with Gasteiger partial charge in [0, 0.05) is 46.4 Å². The molecule has 6 heteroatoms. The van der Waals surface area contributed by atoms with Gasteiger partial charge in [0.2, 0.25) is 0 Å². The minimum absolute atomic E-state index is 0.0224. The van der Waals surface area contributed by atoms with Crippen molar-refractivity contribution >= 4 is 17.9 Å². The van der Waals surface area contributed by atoms with Crippen LogP contribution in [-0.4, -0.2) is 17.5 Å². The van der Waals surface area contributed by atoms with Crippen LogP contribution < -0.4 is 15.2 Å². The third-order valence-corrected chi connectivity index (χ3v) is 4.46. The predicted molar refractivity (Wildman–Crippen MR) is 85.8 cm³/mol. The number of ether oxygens (including phenoxy) is 1. The van der Waals surface area contributed by atoms with E-state index >= 15 is 0 Å². The van der Waals surface area contributed by atoms with Gasteiger partial charge < -0.3 is 10.5 Å². The Morgan fingerprint density at radius 2 is 2.14 bits per heavy atom. The minimum atomic E-state index is -0.148. The Morgan fingerprint density at radius 3 is 2.91 bits per heavy atom. The average molecular weight is 315 g/mol. The maximum Gasteiger partial charge on any atom is 0.261 e. The first-order valence-electron chi connectivity index (χ1n) is 7.06. The van der Waals surface area contributed by atoms with Crippen molar-refractivity contribution < 1.29 is 9.53 Å². The van der Waals surface area contributed by atoms with Crippen LogP contribution in [0.25, 0.3) is 0 Å². The van der Waals surface area contributed by atoms with Crippen LogP contribution in [0.5, 0.6) is 5.75 Å². The standard InChI is InChI=1S/C16H17N3O2S/c1-10-12(2-3-13-14(17)6-9-21-15(10)13)16(20)19-22-11-4-7-18-8-5-11/h2-5,7-8,14H,6,9,17H2,1H3,(H,19,20)/t14-/m1/s1. The lowest BCUT2D eigenvalue weighted by atomic mass is 9.95. The summed E-state index contributed by atoms with van der Waals surface area (Å²) in [5, 5.41) is 0. The highest BCUT2D eigenvalue weighted by Gasteiger charge is 2.23. The third kappa shape index (κ3) is 2.93. The summed E-state index contributed by atoms with van der Waals surface area (Å²) in [6.07, 6.45) is 4.18. The molecule has 1 aromatic carbocycles. The van der Waals surface area contributed by atoms with Gasteiger partial charge in [0.1, 0.15) is 5.75 Å². The van der Waals surface area contributed by atoms with Crippen LogP contribution in [0.2, 0.25) is 0 Å². The van der Waals surface area contributed by atoms with Crippen molar-refractivity contribution in [3.8, 4) is 5.75 Å². The fourth-order valence-corrected chi connectivity index (χ4v) is 3.03. The highest BCUT2D eigenvalue weighted by molar-refractivity contribution is 7.98. The molecule has 0 fully saturated rings. The molecule has 2 heterocycles. The largest absolute Gasteiger partial charge is 0.493 e. The Balaban J connectivity index is 1.78. The summed E-state index contributed by atoms with van der Waals surface area (Å²) >= 11 is 1.26. The first-order valence-corrected chi connectivity index (χ1v) is 7.87. The van der Waals surface area contributed by atoms with E-state index in [1.165, 1.54) is 11.9 Å². The number of pyridine rings is 1. The number of amides is 1. The van der Waals surface area contributed by atoms with Crippen molar-refractivity contribution in [3.05, 3.63) is 53.3 Å². The van der Waals surface area contributed by atoms with Crippen molar-refractivity contribution in [1.29, 1.82) is 0 Å². The maximum atomic E-state index is 12.4. The second kappa shape index (κ2) is 6.37. The normalized spacial score (nSPS) is 16.5. The lowest BCUT2D eigenvalue weighted by Gasteiger charge is -2.25. The van der Waals surface area contributed by atoms with Gasteiger partial charge in [-0.2, -0.15) is 0 Å². The van der Waals surface area contributed by atoms with E-state index in [0.717, 1.165) is 28.2 Å². The van der Waals surface area contributed by atoms with Crippen molar-refractivity contribution in [2.75, 3.05) is 6.61 Å². The monoisotopic (exact) mass is 315 g/mol. The van der Waals surface area contributed by atoms with Crippen LogP contribution >= 0.6 is 11.9 Å². The van der Waals surface area contributed by atoms with Gasteiger partial charge in [-0.15, -0.1) is 0 Å². The van der Waals surface area contributed by atoms with Crippen LogP contribution in [0.3, 0.4) is 0 Å². The van der Waals surface area contributed by atoms with Crippen molar-refractivity contribution in [3.63, 3.8) is 0 Å². The van der Waals surface area contributed by atoms with E-state index in [-0.39, 0.29) is 11.9 Å². The molecule has 0 bridgehead atoms. The van der Waals surface area contributed by atoms with E-state index in [4.69, 9.17) is 10.5 Å². The highest BCUT2D eigenvalue weighted by atomic mass is 32.2. The fourth-order valence-electron chi connectivity index (χ4n) is 2.45. The second-order valence-electron chi connectivity index (χ2n) is 5.12. The molecule has 1 atom stereocenters. The Hall–Kier alpha value is -2.05. The van der Waals surface area contributed by atoms with Gasteiger partial charge >= 0.3 is 0 Å². The molecule has 0 aliphatic carbocycles. The zero-order valence-corrected chi connectivity index (χ0v) is 13.0. The molecule has 0 spiro atoms. The minimum Gasteiger partial charge on any atom is -0.493 e. The summed E-state index contributed by atoms with van der Waals surface area (Å²) in [5.41, 5.74) is 8.50. The lowest BCUT2D eigenvalue weighted by molar-refractivity contribution is 0.0983. The van der Waals surface area contributed by atoms with Gasteiger partial charge in [-0.25, -0.2) is 0 Å². The Bertz CT molecular complexity index is 691. The zero-order chi connectivity index (χ0) is 15.5. The highest BCUT2D eigenvalue weighted by Crippen LogP contribution is 2.35. The van der Waals surface area contributed by atoms with Crippen LogP contribution in [-0.2, 0) is 0 Å². The number of fused-ring (bicyclic) bond motifs is 1. The number of aromatic nitrogens is 1. The number of hydrogen-bond acceptors (Lipinski definition) is 5. The number of benzene rings is 1. The summed E-state index contributed by atoms with van der Waals surface area (Å²) in [4.78, 5) is 17.2. The molecular formula is C16H17N3O2S. The first-order chi connectivity index (χ1) is 10.7. The molecular weight excluding hydrogens is 298 g/mol. The molecule has 1 aliphatic heterocycles. The molecule has 1 aromatic heterocycles. The Labute approximate surface area is 133 Å². The van der Waals surface area contributed by atoms with Gasteiger partial charge in [0.25, 0.3) is 5.91 Å². The van der Waals surface area contributed by atoms with Crippen LogP contribution in [0, 0.1) is 6.92 Å². The summed E-state index contributed by atoms with van der Waals surface area (Å²) in [6, 6.07) is 7.36. The number of hydrogen-bond donors (Lipinski definition) is 2. The summed E-state index contributed by atoms with van der Waals surface area (Å²) < 4.78 is 8.54. The second-order valence-corrected chi connectivity index (χ2v) is 6.00. The number of carbonyl (C=O) groups excluding carboxylic acids is 1. The quantitative estimate of drug-likeness (QED) is 0.851. The van der Waals surface area contributed by atoms with E-state index in [0.29, 0.717) is 12.2 Å². The molecule has 2 aromatic rings. The molecule has 3 N–H and O–H groups in total. The molecule has 5 nitrogen and oxygen atoms in total. The molecule has 1 aliphatic rings. The van der Waals surface area contributed by atoms with E-state index in [1.807, 2.05) is 31.2 Å². The average Bonchev–Trinajstić information content (AvgIpc) is 2.55. The number of nitrogens with two attached hydrogens (primary N) is 1. The maximum absolute atomic E-state index is 12.4. The van der Waals surface area contributed by atoms with E-state index < -0.39 is 0 Å². The van der Waals surface area contributed by atoms with Gasteiger partial charge in [-0.05, 0) is 37.1 Å². The molecule has 0 radical (unpaired) electrons. The molecule has 22 heavy (non-hydrogen) atoms. The summed E-state index contributed by atoms with van der Waals surface area (Å²) in [5.74, 6) is 0.602. The Kier molecular flexibility index (Phi) is 4.31. The molecule has 0 saturated carbocycles. The number of nitrogens with one attached hydrogen (secondary N) is 1. The molecule has 114 valence electrons. The number of carbonyl (C=O) groups is 1. The summed E-state index contributed by atoms with van der Waals surface area (Å²) in [7, 11) is 0. The topological polar surface area (TPSA) is 77.2 Å². The van der Waals surface area contributed by atoms with E-state index in [2.05, 4.69) is 9.71 Å². The van der Waals surface area contributed by atoms with Crippen LogP contribution in [0.15, 0.2) is 41.6 Å². The predicted octanol–water partition coefficient (Wildman–Crippen LogP) is 2.61. The lowest BCUT2D eigenvalue weighted by Crippen LogP contribution is -2.23. The van der Waals surface area contributed by atoms with Crippen molar-refractivity contribution in [2.45, 2.75) is 24.3 Å². The van der Waals surface area contributed by atoms with Crippen LogP contribution in [0.4, 0.5) is 0 Å². The molecule has 1 amide bonds. The van der Waals surface area contributed by atoms with Crippen LogP contribution in [0.1, 0.15) is 33.9 Å². The zero-order valence-electron chi connectivity index (χ0n) is 12.2. The van der Waals surface area contributed by atoms with Crippen molar-refractivity contribution in [1.82, 2.24) is 9.71 Å². The third-order valence-electron chi connectivity index (χ3n) is 3.67. The van der Waals surface area contributed by atoms with Crippen molar-refractivity contribution in [2.24, 2.45) is 5.73 Å². The summed E-state index contributed by atoms with van der Waals surface area (Å²) in [6.45, 7) is 2.48. The molecule has 0 unspecified atom stereocenters. The number of rotatable bonds is 3.